The van der Waals surface area contributed by atoms with Gasteiger partial charge in [-0.05, 0) is 13.6 Å². The fourth-order valence-electron chi connectivity index (χ4n) is 0.163. The van der Waals surface area contributed by atoms with Crippen molar-refractivity contribution in [3.05, 3.63) is 0 Å². The SMILES string of the molecule is CCN(C)C(O)O. The molecule has 0 heterocycles. The zero-order valence-electron chi connectivity index (χ0n) is 4.63. The molecule has 7 heavy (non-hydrogen) atoms. The lowest BCUT2D eigenvalue weighted by atomic mass is 10.7. The van der Waals surface area contributed by atoms with Crippen molar-refractivity contribution < 1.29 is 10.2 Å². The second-order valence-electron chi connectivity index (χ2n) is 1.42. The van der Waals surface area contributed by atoms with Crippen molar-refractivity contribution in [1.82, 2.24) is 4.90 Å². The quantitative estimate of drug-likeness (QED) is 0.452. The molecule has 0 aromatic rings. The van der Waals surface area contributed by atoms with Crippen LogP contribution in [-0.2, 0) is 0 Å². The molecule has 0 aliphatic carbocycles. The highest BCUT2D eigenvalue weighted by Crippen LogP contribution is 1.82. The van der Waals surface area contributed by atoms with Gasteiger partial charge in [-0.3, -0.25) is 4.90 Å². The second-order valence-corrected chi connectivity index (χ2v) is 1.42. The fraction of sp³-hybridized carbons (Fsp3) is 1.00. The highest BCUT2D eigenvalue weighted by molar-refractivity contribution is 4.36. The van der Waals surface area contributed by atoms with E-state index in [0.29, 0.717) is 6.54 Å². The first-order chi connectivity index (χ1) is 3.18. The standard InChI is InChI=1S/C4H11NO2/c1-3-5(2)4(6)7/h4,6-7H,3H2,1-2H3. The molecule has 3 nitrogen and oxygen atoms in total. The van der Waals surface area contributed by atoms with Crippen LogP contribution in [-0.4, -0.2) is 35.1 Å². The summed E-state index contributed by atoms with van der Waals surface area (Å²) in [6.45, 7) is 2.50. The minimum atomic E-state index is -1.30. The Balaban J connectivity index is 3.14. The van der Waals surface area contributed by atoms with Gasteiger partial charge >= 0.3 is 0 Å². The van der Waals surface area contributed by atoms with E-state index in [9.17, 15) is 0 Å². The molecule has 0 fully saturated rings. The van der Waals surface area contributed by atoms with Crippen LogP contribution < -0.4 is 0 Å². The van der Waals surface area contributed by atoms with Crippen molar-refractivity contribution in [2.75, 3.05) is 13.6 Å². The lowest BCUT2D eigenvalue weighted by Crippen LogP contribution is -2.30. The van der Waals surface area contributed by atoms with E-state index in [1.807, 2.05) is 6.92 Å². The molecular weight excluding hydrogens is 94.0 g/mol. The Hall–Kier alpha value is -0.120. The summed E-state index contributed by atoms with van der Waals surface area (Å²) in [5.41, 5.74) is 0. The average molecular weight is 105 g/mol. The van der Waals surface area contributed by atoms with Gasteiger partial charge in [-0.15, -0.1) is 0 Å². The number of hydrogen-bond donors (Lipinski definition) is 2. The van der Waals surface area contributed by atoms with Crippen LogP contribution >= 0.6 is 0 Å². The molecule has 0 saturated heterocycles. The topological polar surface area (TPSA) is 43.7 Å². The molecule has 0 saturated carbocycles. The second kappa shape index (κ2) is 2.96. The third kappa shape index (κ3) is 2.56. The van der Waals surface area contributed by atoms with Gasteiger partial charge < -0.3 is 10.2 Å². The summed E-state index contributed by atoms with van der Waals surface area (Å²) in [5.74, 6) is 0. The van der Waals surface area contributed by atoms with Gasteiger partial charge in [0.25, 0.3) is 0 Å². The lowest BCUT2D eigenvalue weighted by molar-refractivity contribution is -0.142. The summed E-state index contributed by atoms with van der Waals surface area (Å²) in [6, 6.07) is 0. The molecule has 0 unspecified atom stereocenters. The molecule has 0 aromatic heterocycles. The van der Waals surface area contributed by atoms with Crippen molar-refractivity contribution in [2.45, 2.75) is 13.3 Å². The molecule has 44 valence electrons. The third-order valence-corrected chi connectivity index (χ3v) is 0.893. The Bertz CT molecular complexity index is 47.0. The predicted octanol–water partition coefficient (Wildman–Crippen LogP) is -0.794. The van der Waals surface area contributed by atoms with Gasteiger partial charge in [0.15, 0.2) is 0 Å². The van der Waals surface area contributed by atoms with Gasteiger partial charge in [0.1, 0.15) is 0 Å². The van der Waals surface area contributed by atoms with Crippen molar-refractivity contribution in [1.29, 1.82) is 0 Å². The van der Waals surface area contributed by atoms with Crippen LogP contribution in [0, 0.1) is 0 Å². The molecule has 0 amide bonds. The van der Waals surface area contributed by atoms with Crippen LogP contribution in [0.4, 0.5) is 0 Å². The maximum atomic E-state index is 8.30. The number of aliphatic hydroxyl groups excluding tert-OH is 1. The van der Waals surface area contributed by atoms with Gasteiger partial charge in [-0.1, -0.05) is 6.92 Å². The molecule has 0 aliphatic heterocycles. The molecule has 3 heteroatoms. The van der Waals surface area contributed by atoms with E-state index < -0.39 is 6.41 Å². The number of rotatable bonds is 2. The van der Waals surface area contributed by atoms with Crippen LogP contribution in [0.1, 0.15) is 6.92 Å². The Morgan fingerprint density at radius 2 is 2.00 bits per heavy atom. The summed E-state index contributed by atoms with van der Waals surface area (Å²) < 4.78 is 0. The zero-order valence-corrected chi connectivity index (χ0v) is 4.63. The number of hydrogen-bond acceptors (Lipinski definition) is 3. The highest BCUT2D eigenvalue weighted by atomic mass is 16.5. The van der Waals surface area contributed by atoms with E-state index >= 15 is 0 Å². The van der Waals surface area contributed by atoms with Crippen LogP contribution in [0.15, 0.2) is 0 Å². The largest absolute Gasteiger partial charge is 0.356 e. The highest BCUT2D eigenvalue weighted by Gasteiger charge is 1.99. The molecule has 0 aromatic carbocycles. The Morgan fingerprint density at radius 1 is 1.57 bits per heavy atom. The van der Waals surface area contributed by atoms with Crippen LogP contribution in [0.3, 0.4) is 0 Å². The van der Waals surface area contributed by atoms with Crippen LogP contribution in [0.2, 0.25) is 0 Å². The van der Waals surface area contributed by atoms with Gasteiger partial charge in [0, 0.05) is 0 Å². The normalized spacial score (nSPS) is 11.1. The smallest absolute Gasteiger partial charge is 0.213 e. The minimum Gasteiger partial charge on any atom is -0.356 e. The van der Waals surface area contributed by atoms with Crippen LogP contribution in [0.25, 0.3) is 0 Å². The predicted molar refractivity (Wildman–Crippen MR) is 26.5 cm³/mol. The van der Waals surface area contributed by atoms with Gasteiger partial charge in [0.05, 0.1) is 0 Å². The van der Waals surface area contributed by atoms with E-state index in [-0.39, 0.29) is 0 Å². The first kappa shape index (κ1) is 6.88. The minimum absolute atomic E-state index is 0.650. The van der Waals surface area contributed by atoms with Crippen molar-refractivity contribution in [2.24, 2.45) is 0 Å². The Kier molecular flexibility index (Phi) is 2.91. The lowest BCUT2D eigenvalue weighted by Gasteiger charge is -2.14. The van der Waals surface area contributed by atoms with Crippen molar-refractivity contribution >= 4 is 0 Å². The third-order valence-electron chi connectivity index (χ3n) is 0.893. The number of nitrogens with zero attached hydrogens (tertiary/aromatic N) is 1. The van der Waals surface area contributed by atoms with Gasteiger partial charge in [-0.2, -0.15) is 0 Å². The first-order valence-electron chi connectivity index (χ1n) is 2.25. The maximum Gasteiger partial charge on any atom is 0.213 e. The van der Waals surface area contributed by atoms with E-state index in [4.69, 9.17) is 10.2 Å². The van der Waals surface area contributed by atoms with Crippen molar-refractivity contribution in [3.8, 4) is 0 Å². The van der Waals surface area contributed by atoms with E-state index in [1.54, 1.807) is 7.05 Å². The molecule has 0 radical (unpaired) electrons. The van der Waals surface area contributed by atoms with Crippen LogP contribution in [0.5, 0.6) is 0 Å². The summed E-state index contributed by atoms with van der Waals surface area (Å²) in [7, 11) is 1.63. The van der Waals surface area contributed by atoms with Crippen molar-refractivity contribution in [3.63, 3.8) is 0 Å². The van der Waals surface area contributed by atoms with E-state index in [1.165, 1.54) is 4.90 Å². The summed E-state index contributed by atoms with van der Waals surface area (Å²) in [5, 5.41) is 16.6. The molecule has 2 N–H and O–H groups in total. The first-order valence-corrected chi connectivity index (χ1v) is 2.25. The summed E-state index contributed by atoms with van der Waals surface area (Å²) in [4.78, 5) is 1.40. The zero-order chi connectivity index (χ0) is 5.86. The summed E-state index contributed by atoms with van der Waals surface area (Å²) in [6.07, 6.45) is -1.30. The molecule has 0 aliphatic rings. The van der Waals surface area contributed by atoms with Gasteiger partial charge in [-0.25, -0.2) is 0 Å². The monoisotopic (exact) mass is 105 g/mol. The molecule has 0 spiro atoms. The molecule has 0 bridgehead atoms. The Labute approximate surface area is 43.2 Å². The fourth-order valence-corrected chi connectivity index (χ4v) is 0.163. The maximum absolute atomic E-state index is 8.30. The average Bonchev–Trinajstić information content (AvgIpc) is 1.65. The van der Waals surface area contributed by atoms with E-state index in [2.05, 4.69) is 0 Å². The molecule has 0 atom stereocenters. The Morgan fingerprint density at radius 3 is 2.00 bits per heavy atom. The number of aliphatic hydroxyl groups is 2. The summed E-state index contributed by atoms with van der Waals surface area (Å²) >= 11 is 0. The van der Waals surface area contributed by atoms with E-state index in [0.717, 1.165) is 0 Å². The molecular formula is C4H11NO2. The molecule has 0 rings (SSSR count). The van der Waals surface area contributed by atoms with Gasteiger partial charge in [0.2, 0.25) is 6.41 Å².